The molecule has 2 heterocycles. The van der Waals surface area contributed by atoms with Crippen LogP contribution in [0.1, 0.15) is 0 Å². The highest BCUT2D eigenvalue weighted by Crippen LogP contribution is 2.20. The summed E-state index contributed by atoms with van der Waals surface area (Å²) in [7, 11) is -3.15. The van der Waals surface area contributed by atoms with Crippen LogP contribution >= 0.6 is 0 Å². The number of anilines is 1. The van der Waals surface area contributed by atoms with Gasteiger partial charge in [-0.1, -0.05) is 18.2 Å². The molecule has 2 N–H and O–H groups in total. The van der Waals surface area contributed by atoms with Crippen molar-refractivity contribution in [2.75, 3.05) is 43.0 Å². The van der Waals surface area contributed by atoms with Crippen molar-refractivity contribution in [3.63, 3.8) is 0 Å². The number of carbonyl (C=O) groups is 1. The molecule has 0 spiro atoms. The molecular formula is C15H21N3O4S. The summed E-state index contributed by atoms with van der Waals surface area (Å²) < 4.78 is 23.2. The van der Waals surface area contributed by atoms with E-state index in [4.69, 9.17) is 0 Å². The van der Waals surface area contributed by atoms with Crippen molar-refractivity contribution >= 4 is 21.6 Å². The third kappa shape index (κ3) is 3.82. The molecule has 1 aromatic rings. The third-order valence-electron chi connectivity index (χ3n) is 4.39. The summed E-state index contributed by atoms with van der Waals surface area (Å²) in [5, 5.41) is 12.8. The smallest absolute Gasteiger partial charge is 0.321 e. The first kappa shape index (κ1) is 16.2. The molecule has 23 heavy (non-hydrogen) atoms. The monoisotopic (exact) mass is 339 g/mol. The van der Waals surface area contributed by atoms with Crippen molar-refractivity contribution in [2.24, 2.45) is 0 Å². The van der Waals surface area contributed by atoms with E-state index in [1.54, 1.807) is 4.90 Å². The minimum absolute atomic E-state index is 0.00434. The molecule has 0 aliphatic carbocycles. The highest BCUT2D eigenvalue weighted by atomic mass is 32.2. The number of nitrogens with zero attached hydrogens (tertiary/aromatic N) is 2. The van der Waals surface area contributed by atoms with Gasteiger partial charge in [-0.25, -0.2) is 13.2 Å². The van der Waals surface area contributed by atoms with Gasteiger partial charge in [0.1, 0.15) is 0 Å². The zero-order chi connectivity index (χ0) is 16.4. The Kier molecular flexibility index (Phi) is 4.56. The van der Waals surface area contributed by atoms with Crippen LogP contribution in [0.3, 0.4) is 0 Å². The summed E-state index contributed by atoms with van der Waals surface area (Å²) in [6, 6.07) is 8.75. The van der Waals surface area contributed by atoms with Crippen LogP contribution < -0.4 is 5.32 Å². The third-order valence-corrected chi connectivity index (χ3v) is 6.09. The van der Waals surface area contributed by atoms with Gasteiger partial charge in [-0.15, -0.1) is 0 Å². The zero-order valence-electron chi connectivity index (χ0n) is 12.8. The average Bonchev–Trinajstić information content (AvgIpc) is 2.81. The highest BCUT2D eigenvalue weighted by Gasteiger charge is 2.41. The van der Waals surface area contributed by atoms with Crippen LogP contribution in [-0.2, 0) is 9.84 Å². The van der Waals surface area contributed by atoms with E-state index >= 15 is 0 Å². The number of carbonyl (C=O) groups excluding carboxylic acids is 1. The number of benzene rings is 1. The topological polar surface area (TPSA) is 90.0 Å². The second-order valence-corrected chi connectivity index (χ2v) is 8.18. The van der Waals surface area contributed by atoms with E-state index in [1.165, 1.54) is 0 Å². The first-order valence-electron chi connectivity index (χ1n) is 7.68. The number of para-hydroxylation sites is 1. The van der Waals surface area contributed by atoms with Crippen LogP contribution in [0.25, 0.3) is 0 Å². The summed E-state index contributed by atoms with van der Waals surface area (Å²) in [6.07, 6.45) is -0.829. The van der Waals surface area contributed by atoms with E-state index in [9.17, 15) is 18.3 Å². The summed E-state index contributed by atoms with van der Waals surface area (Å²) in [4.78, 5) is 15.9. The molecule has 2 unspecified atom stereocenters. The number of urea groups is 1. The van der Waals surface area contributed by atoms with Crippen LogP contribution in [0.4, 0.5) is 10.5 Å². The molecule has 126 valence electrons. The largest absolute Gasteiger partial charge is 0.390 e. The van der Waals surface area contributed by atoms with Gasteiger partial charge in [0.2, 0.25) is 0 Å². The molecule has 2 saturated heterocycles. The number of rotatable bonds is 2. The van der Waals surface area contributed by atoms with Gasteiger partial charge < -0.3 is 15.3 Å². The lowest BCUT2D eigenvalue weighted by atomic mass is 10.1. The van der Waals surface area contributed by atoms with E-state index in [-0.39, 0.29) is 23.6 Å². The minimum atomic E-state index is -3.15. The predicted molar refractivity (Wildman–Crippen MR) is 87.1 cm³/mol. The second-order valence-electron chi connectivity index (χ2n) is 6.03. The van der Waals surface area contributed by atoms with Gasteiger partial charge in [-0.2, -0.15) is 0 Å². The number of amides is 2. The van der Waals surface area contributed by atoms with Crippen molar-refractivity contribution in [1.29, 1.82) is 0 Å². The molecule has 2 atom stereocenters. The van der Waals surface area contributed by atoms with Crippen molar-refractivity contribution in [1.82, 2.24) is 9.80 Å². The molecule has 2 aliphatic rings. The van der Waals surface area contributed by atoms with Gasteiger partial charge in [0.05, 0.1) is 23.7 Å². The van der Waals surface area contributed by atoms with Crippen LogP contribution in [-0.4, -0.2) is 79.2 Å². The van der Waals surface area contributed by atoms with Gasteiger partial charge in [-0.3, -0.25) is 4.90 Å². The molecule has 2 amide bonds. The average molecular weight is 339 g/mol. The molecule has 0 saturated carbocycles. The van der Waals surface area contributed by atoms with Crippen molar-refractivity contribution in [2.45, 2.75) is 12.1 Å². The summed E-state index contributed by atoms with van der Waals surface area (Å²) in [5.74, 6) is -0.156. The first-order valence-corrected chi connectivity index (χ1v) is 9.50. The Bertz CT molecular complexity index is 657. The standard InChI is InChI=1S/C15H21N3O4S/c19-14-11-23(21,22)10-13(14)17-6-8-18(9-7-17)15(20)16-12-4-2-1-3-5-12/h1-5,13-14,19H,6-11H2,(H,16,20). The molecule has 0 aromatic heterocycles. The Morgan fingerprint density at radius 2 is 1.74 bits per heavy atom. The molecule has 7 nitrogen and oxygen atoms in total. The quantitative estimate of drug-likeness (QED) is 0.791. The lowest BCUT2D eigenvalue weighted by molar-refractivity contribution is 0.0545. The Labute approximate surface area is 135 Å². The number of nitrogens with one attached hydrogen (secondary N) is 1. The number of hydrogen-bond acceptors (Lipinski definition) is 5. The molecule has 2 fully saturated rings. The number of aliphatic hydroxyl groups excluding tert-OH is 1. The van der Waals surface area contributed by atoms with E-state index in [2.05, 4.69) is 5.32 Å². The van der Waals surface area contributed by atoms with E-state index < -0.39 is 15.9 Å². The first-order chi connectivity index (χ1) is 10.9. The zero-order valence-corrected chi connectivity index (χ0v) is 13.6. The Hall–Kier alpha value is -1.64. The van der Waals surface area contributed by atoms with Crippen LogP contribution in [0, 0.1) is 0 Å². The molecule has 2 aliphatic heterocycles. The number of piperazine rings is 1. The lowest BCUT2D eigenvalue weighted by Crippen LogP contribution is -2.55. The Balaban J connectivity index is 1.53. The SMILES string of the molecule is O=C(Nc1ccccc1)N1CCN(C2CS(=O)(=O)CC2O)CC1. The van der Waals surface area contributed by atoms with Crippen LogP contribution in [0.5, 0.6) is 0 Å². The Morgan fingerprint density at radius 3 is 2.30 bits per heavy atom. The van der Waals surface area contributed by atoms with Gasteiger partial charge in [0, 0.05) is 31.9 Å². The maximum atomic E-state index is 12.2. The predicted octanol–water partition coefficient (Wildman–Crippen LogP) is -0.00600. The summed E-state index contributed by atoms with van der Waals surface area (Å²) in [6.45, 7) is 2.17. The number of sulfone groups is 1. The molecule has 3 rings (SSSR count). The van der Waals surface area contributed by atoms with E-state index in [0.717, 1.165) is 5.69 Å². The highest BCUT2D eigenvalue weighted by molar-refractivity contribution is 7.91. The fraction of sp³-hybridized carbons (Fsp3) is 0.533. The van der Waals surface area contributed by atoms with Crippen molar-refractivity contribution in [3.05, 3.63) is 30.3 Å². The Morgan fingerprint density at radius 1 is 1.09 bits per heavy atom. The summed E-state index contributed by atoms with van der Waals surface area (Å²) >= 11 is 0. The number of hydrogen-bond donors (Lipinski definition) is 2. The molecule has 1 aromatic carbocycles. The number of aliphatic hydroxyl groups is 1. The maximum absolute atomic E-state index is 12.2. The molecule has 0 bridgehead atoms. The van der Waals surface area contributed by atoms with Crippen molar-refractivity contribution < 1.29 is 18.3 Å². The van der Waals surface area contributed by atoms with Crippen LogP contribution in [0.2, 0.25) is 0 Å². The maximum Gasteiger partial charge on any atom is 0.321 e. The second kappa shape index (κ2) is 6.46. The van der Waals surface area contributed by atoms with Crippen molar-refractivity contribution in [3.8, 4) is 0 Å². The fourth-order valence-corrected chi connectivity index (χ4v) is 4.97. The minimum Gasteiger partial charge on any atom is -0.390 e. The van der Waals surface area contributed by atoms with Gasteiger partial charge >= 0.3 is 6.03 Å². The lowest BCUT2D eigenvalue weighted by Gasteiger charge is -2.38. The van der Waals surface area contributed by atoms with Gasteiger partial charge in [0.15, 0.2) is 9.84 Å². The fourth-order valence-electron chi connectivity index (χ4n) is 3.14. The molecular weight excluding hydrogens is 318 g/mol. The van der Waals surface area contributed by atoms with Gasteiger partial charge in [0.25, 0.3) is 0 Å². The van der Waals surface area contributed by atoms with Gasteiger partial charge in [-0.05, 0) is 12.1 Å². The normalized spacial score (nSPS) is 27.8. The molecule has 8 heteroatoms. The van der Waals surface area contributed by atoms with E-state index in [1.807, 2.05) is 35.2 Å². The van der Waals surface area contributed by atoms with E-state index in [0.29, 0.717) is 26.2 Å². The molecule has 0 radical (unpaired) electrons. The van der Waals surface area contributed by atoms with Crippen LogP contribution in [0.15, 0.2) is 30.3 Å². The summed E-state index contributed by atoms with van der Waals surface area (Å²) in [5.41, 5.74) is 0.747.